The lowest BCUT2D eigenvalue weighted by Crippen LogP contribution is -2.09. The van der Waals surface area contributed by atoms with Crippen molar-refractivity contribution in [2.75, 3.05) is 32.4 Å². The molecule has 0 bridgehead atoms. The molecule has 3 aromatic rings. The van der Waals surface area contributed by atoms with Gasteiger partial charge in [0.05, 0.1) is 12.1 Å². The number of fused-ring (bicyclic) bond motifs is 2. The summed E-state index contributed by atoms with van der Waals surface area (Å²) in [5.74, 6) is 2.05. The van der Waals surface area contributed by atoms with Gasteiger partial charge in [-0.2, -0.15) is 0 Å². The van der Waals surface area contributed by atoms with Gasteiger partial charge in [-0.1, -0.05) is 0 Å². The zero-order chi connectivity index (χ0) is 18.3. The first-order valence-electron chi connectivity index (χ1n) is 8.48. The third-order valence-electron chi connectivity index (χ3n) is 4.41. The van der Waals surface area contributed by atoms with Crippen LogP contribution in [0.1, 0.15) is 6.92 Å². The quantitative estimate of drug-likeness (QED) is 0.780. The van der Waals surface area contributed by atoms with Crippen LogP contribution in [0.4, 0.5) is 5.69 Å². The molecule has 1 aliphatic heterocycles. The van der Waals surface area contributed by atoms with Crippen molar-refractivity contribution in [1.82, 2.24) is 4.98 Å². The molecular formula is C20H20N2O4. The SMILES string of the molecule is CCOc1cc(N(C)C)ccc1-c1cc(=O)[nH]c2cc3c(cc12)OCO3. The van der Waals surface area contributed by atoms with Gasteiger partial charge in [-0.3, -0.25) is 4.79 Å². The van der Waals surface area contributed by atoms with Crippen LogP contribution in [0.15, 0.2) is 41.2 Å². The highest BCUT2D eigenvalue weighted by Crippen LogP contribution is 2.41. The number of H-pyrrole nitrogens is 1. The molecule has 4 rings (SSSR count). The summed E-state index contributed by atoms with van der Waals surface area (Å²) >= 11 is 0. The van der Waals surface area contributed by atoms with Crippen LogP contribution in [0.2, 0.25) is 0 Å². The van der Waals surface area contributed by atoms with Crippen molar-refractivity contribution < 1.29 is 14.2 Å². The summed E-state index contributed by atoms with van der Waals surface area (Å²) in [7, 11) is 3.96. The first-order valence-corrected chi connectivity index (χ1v) is 8.48. The Kier molecular flexibility index (Phi) is 3.95. The van der Waals surface area contributed by atoms with Crippen LogP contribution >= 0.6 is 0 Å². The van der Waals surface area contributed by atoms with E-state index in [-0.39, 0.29) is 12.4 Å². The molecule has 0 fully saturated rings. The van der Waals surface area contributed by atoms with E-state index in [0.717, 1.165) is 28.0 Å². The smallest absolute Gasteiger partial charge is 0.249 e. The maximum atomic E-state index is 12.2. The van der Waals surface area contributed by atoms with Crippen molar-refractivity contribution in [3.05, 3.63) is 46.8 Å². The van der Waals surface area contributed by atoms with Crippen molar-refractivity contribution in [2.24, 2.45) is 0 Å². The molecule has 1 N–H and O–H groups in total. The summed E-state index contributed by atoms with van der Waals surface area (Å²) in [4.78, 5) is 17.1. The Morgan fingerprint density at radius 3 is 2.58 bits per heavy atom. The molecule has 6 heteroatoms. The first-order chi connectivity index (χ1) is 12.6. The zero-order valence-electron chi connectivity index (χ0n) is 15.0. The van der Waals surface area contributed by atoms with Crippen LogP contribution in [0.5, 0.6) is 17.2 Å². The van der Waals surface area contributed by atoms with Gasteiger partial charge in [0, 0.05) is 54.5 Å². The molecule has 0 amide bonds. The van der Waals surface area contributed by atoms with E-state index >= 15 is 0 Å². The van der Waals surface area contributed by atoms with Gasteiger partial charge in [-0.25, -0.2) is 0 Å². The van der Waals surface area contributed by atoms with Gasteiger partial charge in [-0.15, -0.1) is 0 Å². The van der Waals surface area contributed by atoms with Crippen molar-refractivity contribution in [3.8, 4) is 28.4 Å². The molecule has 2 aromatic carbocycles. The van der Waals surface area contributed by atoms with Crippen LogP contribution in [-0.2, 0) is 0 Å². The van der Waals surface area contributed by atoms with Gasteiger partial charge in [0.1, 0.15) is 5.75 Å². The predicted octanol–water partition coefficient (Wildman–Crippen LogP) is 3.39. The number of ether oxygens (including phenoxy) is 3. The number of anilines is 1. The van der Waals surface area contributed by atoms with Crippen molar-refractivity contribution in [2.45, 2.75) is 6.92 Å². The highest BCUT2D eigenvalue weighted by atomic mass is 16.7. The normalized spacial score (nSPS) is 12.4. The summed E-state index contributed by atoms with van der Waals surface area (Å²) in [6.45, 7) is 2.67. The number of benzene rings is 2. The Morgan fingerprint density at radius 1 is 1.08 bits per heavy atom. The van der Waals surface area contributed by atoms with E-state index in [1.54, 1.807) is 12.1 Å². The molecule has 2 heterocycles. The van der Waals surface area contributed by atoms with Crippen LogP contribution in [0, 0.1) is 0 Å². The number of aromatic amines is 1. The predicted molar refractivity (Wildman–Crippen MR) is 102 cm³/mol. The number of nitrogens with one attached hydrogen (secondary N) is 1. The Labute approximate surface area is 150 Å². The minimum Gasteiger partial charge on any atom is -0.493 e. The van der Waals surface area contributed by atoms with Crippen LogP contribution in [0.3, 0.4) is 0 Å². The number of nitrogens with zero attached hydrogens (tertiary/aromatic N) is 1. The van der Waals surface area contributed by atoms with Crippen LogP contribution in [-0.4, -0.2) is 32.5 Å². The summed E-state index contributed by atoms with van der Waals surface area (Å²) in [5, 5.41) is 0.882. The third kappa shape index (κ3) is 2.73. The van der Waals surface area contributed by atoms with Gasteiger partial charge in [0.15, 0.2) is 11.5 Å². The lowest BCUT2D eigenvalue weighted by Gasteiger charge is -2.18. The zero-order valence-corrected chi connectivity index (χ0v) is 15.0. The topological polar surface area (TPSA) is 63.8 Å². The van der Waals surface area contributed by atoms with Crippen molar-refractivity contribution in [1.29, 1.82) is 0 Å². The highest BCUT2D eigenvalue weighted by Gasteiger charge is 2.18. The number of hydrogen-bond donors (Lipinski definition) is 1. The van der Waals surface area contributed by atoms with Gasteiger partial charge >= 0.3 is 0 Å². The Balaban J connectivity index is 1.98. The molecule has 0 spiro atoms. The monoisotopic (exact) mass is 352 g/mol. The summed E-state index contributed by atoms with van der Waals surface area (Å²) < 4.78 is 16.8. The maximum Gasteiger partial charge on any atom is 0.249 e. The van der Waals surface area contributed by atoms with E-state index < -0.39 is 0 Å². The second-order valence-corrected chi connectivity index (χ2v) is 6.31. The molecule has 0 radical (unpaired) electrons. The van der Waals surface area contributed by atoms with Crippen molar-refractivity contribution >= 4 is 16.6 Å². The van der Waals surface area contributed by atoms with E-state index in [9.17, 15) is 4.79 Å². The third-order valence-corrected chi connectivity index (χ3v) is 4.41. The van der Waals surface area contributed by atoms with Gasteiger partial charge < -0.3 is 24.1 Å². The Morgan fingerprint density at radius 2 is 1.85 bits per heavy atom. The molecule has 26 heavy (non-hydrogen) atoms. The fraction of sp³-hybridized carbons (Fsp3) is 0.250. The number of rotatable bonds is 4. The highest BCUT2D eigenvalue weighted by molar-refractivity contribution is 5.98. The fourth-order valence-electron chi connectivity index (χ4n) is 3.16. The molecule has 0 saturated heterocycles. The molecule has 1 aliphatic rings. The van der Waals surface area contributed by atoms with Gasteiger partial charge in [0.25, 0.3) is 0 Å². The number of pyridine rings is 1. The lowest BCUT2D eigenvalue weighted by molar-refractivity contribution is 0.174. The molecule has 0 aliphatic carbocycles. The largest absolute Gasteiger partial charge is 0.493 e. The number of aromatic nitrogens is 1. The summed E-state index contributed by atoms with van der Waals surface area (Å²) in [6.07, 6.45) is 0. The lowest BCUT2D eigenvalue weighted by atomic mass is 9.99. The molecule has 0 unspecified atom stereocenters. The maximum absolute atomic E-state index is 12.2. The second kappa shape index (κ2) is 6.29. The van der Waals surface area contributed by atoms with E-state index in [1.165, 1.54) is 0 Å². The molecular weight excluding hydrogens is 332 g/mol. The molecule has 1 aromatic heterocycles. The molecule has 0 saturated carbocycles. The van der Waals surface area contributed by atoms with E-state index in [2.05, 4.69) is 4.98 Å². The molecule has 6 nitrogen and oxygen atoms in total. The average molecular weight is 352 g/mol. The minimum atomic E-state index is -0.175. The van der Waals surface area contributed by atoms with Crippen molar-refractivity contribution in [3.63, 3.8) is 0 Å². The van der Waals surface area contributed by atoms with Gasteiger partial charge in [-0.05, 0) is 25.1 Å². The van der Waals surface area contributed by atoms with E-state index in [0.29, 0.717) is 23.6 Å². The van der Waals surface area contributed by atoms with E-state index in [1.807, 2.05) is 50.2 Å². The van der Waals surface area contributed by atoms with Crippen LogP contribution in [0.25, 0.3) is 22.0 Å². The average Bonchev–Trinajstić information content (AvgIpc) is 3.06. The van der Waals surface area contributed by atoms with Crippen LogP contribution < -0.4 is 24.7 Å². The summed E-state index contributed by atoms with van der Waals surface area (Å²) in [6, 6.07) is 11.3. The number of hydrogen-bond acceptors (Lipinski definition) is 5. The van der Waals surface area contributed by atoms with E-state index in [4.69, 9.17) is 14.2 Å². The summed E-state index contributed by atoms with van der Waals surface area (Å²) in [5.41, 5.74) is 3.23. The second-order valence-electron chi connectivity index (χ2n) is 6.31. The molecule has 134 valence electrons. The molecule has 0 atom stereocenters. The Bertz CT molecular complexity index is 1040. The minimum absolute atomic E-state index is 0.175. The standard InChI is InChI=1S/C20H20N2O4/c1-4-24-17-7-12(22(2)3)5-6-13(17)14-9-20(23)21-16-10-19-18(8-15(14)16)25-11-26-19/h5-10H,4,11H2,1-3H3,(H,21,23). The fourth-order valence-corrected chi connectivity index (χ4v) is 3.16. The first kappa shape index (κ1) is 16.3. The van der Waals surface area contributed by atoms with Gasteiger partial charge in [0.2, 0.25) is 12.4 Å². The Hall–Kier alpha value is -3.15.